The third-order valence-electron chi connectivity index (χ3n) is 3.81. The molecule has 0 saturated heterocycles. The van der Waals surface area contributed by atoms with Crippen molar-refractivity contribution in [3.05, 3.63) is 0 Å². The summed E-state index contributed by atoms with van der Waals surface area (Å²) in [6.07, 6.45) is 11.8. The minimum Gasteiger partial charge on any atom is -0.476 e. The van der Waals surface area contributed by atoms with Crippen LogP contribution in [0.15, 0.2) is 0 Å². The molecule has 0 fully saturated rings. The van der Waals surface area contributed by atoms with Gasteiger partial charge in [-0.05, 0) is 12.8 Å². The van der Waals surface area contributed by atoms with Crippen LogP contribution >= 0.6 is 15.6 Å². The van der Waals surface area contributed by atoms with Gasteiger partial charge in [0.25, 0.3) is 0 Å². The number of carboxylic acids is 1. The number of phosphoric ester groups is 2. The fraction of sp³-hybridized carbons (Fsp3) is 0.889. The van der Waals surface area contributed by atoms with E-state index in [-0.39, 0.29) is 19.5 Å². The number of hydrogen-bond donors (Lipinski definition) is 3. The molecule has 30 heavy (non-hydrogen) atoms. The molecule has 180 valence electrons. The minimum atomic E-state index is -4.58. The summed E-state index contributed by atoms with van der Waals surface area (Å²) in [5, 5.41) is 7.35. The second-order valence-electron chi connectivity index (χ2n) is 6.68. The van der Waals surface area contributed by atoms with E-state index in [4.69, 9.17) is 23.7 Å². The molecule has 0 aromatic rings. The summed E-state index contributed by atoms with van der Waals surface area (Å²) in [5.41, 5.74) is 0. The molecule has 0 spiro atoms. The summed E-state index contributed by atoms with van der Waals surface area (Å²) in [7, 11) is -9.17. The minimum absolute atomic E-state index is 0.0112. The molecule has 2 unspecified atom stereocenters. The number of aliphatic carboxylic acids is 1. The zero-order chi connectivity index (χ0) is 23.3. The Balaban J connectivity index is 0. The van der Waals surface area contributed by atoms with Crippen LogP contribution in [-0.4, -0.2) is 40.4 Å². The summed E-state index contributed by atoms with van der Waals surface area (Å²) in [6, 6.07) is 0. The lowest BCUT2D eigenvalue weighted by molar-refractivity contribution is -0.143. The second-order valence-corrected chi connectivity index (χ2v) is 9.72. The molecule has 0 radical (unpaired) electrons. The van der Waals surface area contributed by atoms with Crippen molar-refractivity contribution in [2.45, 2.75) is 90.9 Å². The van der Waals surface area contributed by atoms with Crippen molar-refractivity contribution in [1.82, 2.24) is 0 Å². The number of rotatable bonds is 19. The molecule has 0 saturated carbocycles. The Hall–Kier alpha value is -0.600. The van der Waals surface area contributed by atoms with Crippen LogP contribution in [0.2, 0.25) is 0 Å². The van der Waals surface area contributed by atoms with Crippen molar-refractivity contribution in [2.75, 3.05) is 13.2 Å². The lowest BCUT2D eigenvalue weighted by Gasteiger charge is -2.16. The van der Waals surface area contributed by atoms with Gasteiger partial charge in [0.2, 0.25) is 6.29 Å². The van der Waals surface area contributed by atoms with Crippen LogP contribution in [0, 0.1) is 0 Å². The van der Waals surface area contributed by atoms with Crippen molar-refractivity contribution in [3.63, 3.8) is 0 Å². The molecule has 0 aliphatic heterocycles. The summed E-state index contributed by atoms with van der Waals surface area (Å²) >= 11 is 0. The first-order chi connectivity index (χ1) is 14.1. The van der Waals surface area contributed by atoms with E-state index in [0.29, 0.717) is 12.8 Å². The molecule has 0 bridgehead atoms. The number of phosphoric acid groups is 2. The van der Waals surface area contributed by atoms with Gasteiger partial charge in [-0.3, -0.25) is 13.8 Å². The number of unbranched alkanes of at least 4 members (excludes halogenated alkanes) is 10. The summed E-state index contributed by atoms with van der Waals surface area (Å²) in [5.74, 6) is -1.43. The summed E-state index contributed by atoms with van der Waals surface area (Å²) < 4.78 is 37.1. The number of aldehydes is 1. The van der Waals surface area contributed by atoms with Gasteiger partial charge in [0.15, 0.2) is 0 Å². The number of carboxylic acid groups (broad SMARTS) is 1. The van der Waals surface area contributed by atoms with E-state index in [1.165, 1.54) is 12.8 Å². The van der Waals surface area contributed by atoms with Gasteiger partial charge in [-0.1, -0.05) is 78.1 Å². The predicted molar refractivity (Wildman–Crippen MR) is 113 cm³/mol. The highest BCUT2D eigenvalue weighted by molar-refractivity contribution is 7.61. The van der Waals surface area contributed by atoms with Crippen LogP contribution < -0.4 is 0 Å². The number of carbonyl (C=O) groups is 2. The Labute approximate surface area is 179 Å². The van der Waals surface area contributed by atoms with Crippen molar-refractivity contribution >= 4 is 27.9 Å². The quantitative estimate of drug-likeness (QED) is 0.0976. The SMILES string of the molecule is CCCCCCCCOP(=O)(O)OP(=O)(O)OCCCCCCCC.O=CC(=O)O. The molecule has 0 aromatic carbocycles. The Morgan fingerprint density at radius 1 is 0.733 bits per heavy atom. The van der Waals surface area contributed by atoms with Crippen LogP contribution in [0.3, 0.4) is 0 Å². The normalized spacial score (nSPS) is 14.8. The molecule has 12 heteroatoms. The average Bonchev–Trinajstić information content (AvgIpc) is 2.66. The van der Waals surface area contributed by atoms with Gasteiger partial charge >= 0.3 is 21.6 Å². The number of hydrogen-bond acceptors (Lipinski definition) is 7. The Morgan fingerprint density at radius 2 is 1.03 bits per heavy atom. The van der Waals surface area contributed by atoms with E-state index < -0.39 is 21.6 Å². The first kappa shape index (κ1) is 31.6. The summed E-state index contributed by atoms with van der Waals surface area (Å²) in [4.78, 5) is 36.9. The van der Waals surface area contributed by atoms with Crippen LogP contribution in [0.5, 0.6) is 0 Å². The number of carbonyl (C=O) groups excluding carboxylic acids is 1. The summed E-state index contributed by atoms with van der Waals surface area (Å²) in [6.45, 7) is 4.28. The van der Waals surface area contributed by atoms with E-state index in [2.05, 4.69) is 18.2 Å². The van der Waals surface area contributed by atoms with Crippen LogP contribution in [0.4, 0.5) is 0 Å². The Morgan fingerprint density at radius 3 is 1.33 bits per heavy atom. The monoisotopic (exact) mass is 476 g/mol. The zero-order valence-electron chi connectivity index (χ0n) is 18.1. The maximum atomic E-state index is 11.7. The first-order valence-corrected chi connectivity index (χ1v) is 13.4. The second kappa shape index (κ2) is 20.3. The fourth-order valence-corrected chi connectivity index (χ4v) is 4.44. The molecule has 0 heterocycles. The molecule has 0 rings (SSSR count). The maximum absolute atomic E-state index is 11.7. The van der Waals surface area contributed by atoms with Gasteiger partial charge in [0, 0.05) is 0 Å². The van der Waals surface area contributed by atoms with Crippen LogP contribution in [-0.2, 0) is 32.1 Å². The van der Waals surface area contributed by atoms with Crippen LogP contribution in [0.1, 0.15) is 90.9 Å². The van der Waals surface area contributed by atoms with Crippen LogP contribution in [0.25, 0.3) is 0 Å². The largest absolute Gasteiger partial charge is 0.481 e. The van der Waals surface area contributed by atoms with Crippen molar-refractivity contribution in [2.24, 2.45) is 0 Å². The molecule has 0 aliphatic rings. The standard InChI is InChI=1S/C16H36O7P2.C2H2O3/c1-3-5-7-9-11-13-15-21-24(17,18)23-25(19,20)22-16-14-12-10-8-6-4-2;3-1-2(4)5/h3-16H2,1-2H3,(H,17,18)(H,19,20);1H,(H,4,5). The molecule has 0 aromatic heterocycles. The van der Waals surface area contributed by atoms with E-state index in [0.717, 1.165) is 51.4 Å². The van der Waals surface area contributed by atoms with E-state index in [1.54, 1.807) is 0 Å². The highest BCUT2D eigenvalue weighted by Gasteiger charge is 2.34. The van der Waals surface area contributed by atoms with E-state index >= 15 is 0 Å². The van der Waals surface area contributed by atoms with E-state index in [1.807, 2.05) is 0 Å². The van der Waals surface area contributed by atoms with Gasteiger partial charge in [-0.2, -0.15) is 4.31 Å². The molecule has 0 aliphatic carbocycles. The maximum Gasteiger partial charge on any atom is 0.481 e. The van der Waals surface area contributed by atoms with E-state index in [9.17, 15) is 18.9 Å². The Kier molecular flexibility index (Phi) is 21.4. The van der Waals surface area contributed by atoms with Gasteiger partial charge in [-0.25, -0.2) is 13.9 Å². The smallest absolute Gasteiger partial charge is 0.476 e. The van der Waals surface area contributed by atoms with Gasteiger partial charge in [-0.15, -0.1) is 0 Å². The van der Waals surface area contributed by atoms with Gasteiger partial charge in [0.05, 0.1) is 13.2 Å². The van der Waals surface area contributed by atoms with Crippen molar-refractivity contribution in [1.29, 1.82) is 0 Å². The molecule has 0 amide bonds. The highest BCUT2D eigenvalue weighted by atomic mass is 31.3. The fourth-order valence-electron chi connectivity index (χ4n) is 2.30. The van der Waals surface area contributed by atoms with Crippen molar-refractivity contribution in [3.8, 4) is 0 Å². The molecular weight excluding hydrogens is 438 g/mol. The molecule has 2 atom stereocenters. The zero-order valence-corrected chi connectivity index (χ0v) is 19.9. The molecule has 3 N–H and O–H groups in total. The third kappa shape index (κ3) is 25.4. The molecular formula is C18H38O10P2. The topological polar surface area (TPSA) is 157 Å². The van der Waals surface area contributed by atoms with Gasteiger partial charge < -0.3 is 14.9 Å². The van der Waals surface area contributed by atoms with Crippen molar-refractivity contribution < 1.29 is 47.0 Å². The lowest BCUT2D eigenvalue weighted by atomic mass is 10.1. The van der Waals surface area contributed by atoms with Gasteiger partial charge in [0.1, 0.15) is 0 Å². The predicted octanol–water partition coefficient (Wildman–Crippen LogP) is 5.23. The Bertz CT molecular complexity index is 491. The lowest BCUT2D eigenvalue weighted by Crippen LogP contribution is -2.00. The first-order valence-electron chi connectivity index (χ1n) is 10.4. The third-order valence-corrected chi connectivity index (χ3v) is 6.48. The highest BCUT2D eigenvalue weighted by Crippen LogP contribution is 2.60. The molecule has 10 nitrogen and oxygen atoms in total. The average molecular weight is 476 g/mol.